The van der Waals surface area contributed by atoms with Crippen LogP contribution in [0.5, 0.6) is 5.88 Å². The molecule has 0 radical (unpaired) electrons. The topological polar surface area (TPSA) is 60.5 Å². The molecule has 1 aromatic rings. The van der Waals surface area contributed by atoms with E-state index in [4.69, 9.17) is 22.1 Å². The van der Waals surface area contributed by atoms with Crippen molar-refractivity contribution in [2.24, 2.45) is 10.7 Å². The van der Waals surface area contributed by atoms with Crippen LogP contribution in [0.3, 0.4) is 0 Å². The molecule has 1 heterocycles. The van der Waals surface area contributed by atoms with Crippen molar-refractivity contribution >= 4 is 23.5 Å². The molecule has 0 aliphatic heterocycles. The summed E-state index contributed by atoms with van der Waals surface area (Å²) in [7, 11) is 1.54. The Morgan fingerprint density at radius 1 is 1.67 bits per heavy atom. The fourth-order valence-electron chi connectivity index (χ4n) is 0.855. The number of hydrogen-bond donors (Lipinski definition) is 1. The lowest BCUT2D eigenvalue weighted by Crippen LogP contribution is -1.89. The normalized spacial score (nSPS) is 12.1. The van der Waals surface area contributed by atoms with Crippen LogP contribution >= 0.6 is 11.6 Å². The molecule has 5 heteroatoms. The molecule has 2 N–H and O–H groups in total. The predicted octanol–water partition coefficient (Wildman–Crippen LogP) is 2.31. The monoisotopic (exact) mass is 225 g/mol. The van der Waals surface area contributed by atoms with E-state index in [9.17, 15) is 0 Å². The Morgan fingerprint density at radius 2 is 2.40 bits per heavy atom. The Balaban J connectivity index is 2.93. The molecule has 0 saturated heterocycles. The summed E-state index contributed by atoms with van der Waals surface area (Å²) in [5, 5.41) is 0.468. The van der Waals surface area contributed by atoms with Gasteiger partial charge in [-0.2, -0.15) is 0 Å². The zero-order valence-electron chi connectivity index (χ0n) is 8.57. The second kappa shape index (κ2) is 5.36. The van der Waals surface area contributed by atoms with Crippen LogP contribution < -0.4 is 10.5 Å². The number of aliphatic imine (C=N–C) groups is 1. The highest BCUT2D eigenvalue weighted by Gasteiger charge is 2.00. The number of nitrogens with zero attached hydrogens (tertiary/aromatic N) is 2. The highest BCUT2D eigenvalue weighted by atomic mass is 35.5. The van der Waals surface area contributed by atoms with Gasteiger partial charge in [-0.25, -0.2) is 4.98 Å². The average molecular weight is 226 g/mol. The molecule has 0 aliphatic rings. The number of pyridine rings is 1. The number of ether oxygens (including phenoxy) is 1. The summed E-state index contributed by atoms with van der Waals surface area (Å²) in [5.74, 6) is 0.472. The molecule has 0 atom stereocenters. The van der Waals surface area contributed by atoms with Crippen molar-refractivity contribution in [1.82, 2.24) is 4.98 Å². The number of hydrogen-bond acceptors (Lipinski definition) is 4. The third kappa shape index (κ3) is 3.59. The quantitative estimate of drug-likeness (QED) is 0.803. The number of allylic oxidation sites excluding steroid dienone is 2. The first-order chi connectivity index (χ1) is 7.13. The lowest BCUT2D eigenvalue weighted by molar-refractivity contribution is 0.398. The van der Waals surface area contributed by atoms with E-state index in [2.05, 4.69) is 9.98 Å². The summed E-state index contributed by atoms with van der Waals surface area (Å²) >= 11 is 5.88. The second-order valence-corrected chi connectivity index (χ2v) is 3.27. The van der Waals surface area contributed by atoms with E-state index in [1.54, 1.807) is 25.3 Å². The summed E-state index contributed by atoms with van der Waals surface area (Å²) in [4.78, 5) is 8.05. The molecule has 0 bridgehead atoms. The van der Waals surface area contributed by atoms with Gasteiger partial charge in [0.15, 0.2) is 0 Å². The maximum absolute atomic E-state index is 5.88. The first kappa shape index (κ1) is 11.5. The SMILES string of the molecule is COc1cc(N=CC=C(C)N)c(Cl)cn1. The van der Waals surface area contributed by atoms with Crippen LogP contribution in [0.4, 0.5) is 5.69 Å². The fraction of sp³-hybridized carbons (Fsp3) is 0.200. The minimum atomic E-state index is 0.468. The van der Waals surface area contributed by atoms with Crippen LogP contribution in [0.1, 0.15) is 6.92 Å². The Morgan fingerprint density at radius 3 is 3.00 bits per heavy atom. The van der Waals surface area contributed by atoms with Gasteiger partial charge in [-0.05, 0) is 13.0 Å². The van der Waals surface area contributed by atoms with E-state index in [-0.39, 0.29) is 0 Å². The molecule has 0 unspecified atom stereocenters. The highest BCUT2D eigenvalue weighted by Crippen LogP contribution is 2.26. The number of halogens is 1. The lowest BCUT2D eigenvalue weighted by atomic mass is 10.4. The van der Waals surface area contributed by atoms with Crippen molar-refractivity contribution in [2.45, 2.75) is 6.92 Å². The van der Waals surface area contributed by atoms with E-state index in [0.717, 1.165) is 0 Å². The number of rotatable bonds is 3. The standard InChI is InChI=1S/C10H12ClN3O/c1-7(12)3-4-13-9-5-10(15-2)14-6-8(9)11/h3-6H,12H2,1-2H3. The summed E-state index contributed by atoms with van der Waals surface area (Å²) in [5.41, 5.74) is 6.73. The van der Waals surface area contributed by atoms with E-state index in [1.807, 2.05) is 0 Å². The molecule has 0 aliphatic carbocycles. The van der Waals surface area contributed by atoms with Gasteiger partial charge in [0.2, 0.25) is 5.88 Å². The molecular weight excluding hydrogens is 214 g/mol. The summed E-state index contributed by atoms with van der Waals surface area (Å²) in [6, 6.07) is 1.65. The highest BCUT2D eigenvalue weighted by molar-refractivity contribution is 6.32. The van der Waals surface area contributed by atoms with Crippen molar-refractivity contribution in [3.05, 3.63) is 29.1 Å². The van der Waals surface area contributed by atoms with Crippen molar-refractivity contribution in [1.29, 1.82) is 0 Å². The molecule has 15 heavy (non-hydrogen) atoms. The maximum Gasteiger partial charge on any atom is 0.215 e. The Labute approximate surface area is 93.4 Å². The fourth-order valence-corrected chi connectivity index (χ4v) is 1.01. The van der Waals surface area contributed by atoms with Crippen LogP contribution in [0.25, 0.3) is 0 Å². The van der Waals surface area contributed by atoms with Gasteiger partial charge in [-0.15, -0.1) is 0 Å². The third-order valence-corrected chi connectivity index (χ3v) is 1.86. The average Bonchev–Trinajstić information content (AvgIpc) is 2.20. The van der Waals surface area contributed by atoms with Crippen molar-refractivity contribution in [2.75, 3.05) is 7.11 Å². The summed E-state index contributed by atoms with van der Waals surface area (Å²) in [6.45, 7) is 1.78. The Hall–Kier alpha value is -1.55. The van der Waals surface area contributed by atoms with Gasteiger partial charge < -0.3 is 10.5 Å². The molecule has 0 amide bonds. The molecule has 0 fully saturated rings. The molecule has 0 aromatic carbocycles. The van der Waals surface area contributed by atoms with Gasteiger partial charge in [0.05, 0.1) is 24.0 Å². The van der Waals surface area contributed by atoms with E-state index < -0.39 is 0 Å². The smallest absolute Gasteiger partial charge is 0.215 e. The zero-order chi connectivity index (χ0) is 11.3. The van der Waals surface area contributed by atoms with Crippen LogP contribution in [-0.2, 0) is 0 Å². The van der Waals surface area contributed by atoms with Gasteiger partial charge in [0.1, 0.15) is 0 Å². The molecular formula is C10H12ClN3O. The van der Waals surface area contributed by atoms with Crippen LogP contribution in [-0.4, -0.2) is 18.3 Å². The minimum Gasteiger partial charge on any atom is -0.481 e. The van der Waals surface area contributed by atoms with Gasteiger partial charge in [0, 0.05) is 18.0 Å². The first-order valence-electron chi connectivity index (χ1n) is 4.29. The van der Waals surface area contributed by atoms with Gasteiger partial charge in [-0.1, -0.05) is 11.6 Å². The number of methoxy groups -OCH3 is 1. The largest absolute Gasteiger partial charge is 0.481 e. The predicted molar refractivity (Wildman–Crippen MR) is 61.9 cm³/mol. The van der Waals surface area contributed by atoms with Crippen molar-refractivity contribution in [3.63, 3.8) is 0 Å². The van der Waals surface area contributed by atoms with E-state index >= 15 is 0 Å². The molecule has 0 saturated carbocycles. The minimum absolute atomic E-state index is 0.468. The third-order valence-electron chi connectivity index (χ3n) is 1.57. The van der Waals surface area contributed by atoms with Crippen molar-refractivity contribution in [3.8, 4) is 5.88 Å². The van der Waals surface area contributed by atoms with Crippen LogP contribution in [0.2, 0.25) is 5.02 Å². The Kier molecular flexibility index (Phi) is 4.12. The number of aromatic nitrogens is 1. The molecule has 80 valence electrons. The lowest BCUT2D eigenvalue weighted by Gasteiger charge is -2.00. The zero-order valence-corrected chi connectivity index (χ0v) is 9.32. The molecule has 1 rings (SSSR count). The van der Waals surface area contributed by atoms with Gasteiger partial charge in [-0.3, -0.25) is 4.99 Å². The van der Waals surface area contributed by atoms with Crippen LogP contribution in [0.15, 0.2) is 29.0 Å². The molecule has 0 spiro atoms. The van der Waals surface area contributed by atoms with E-state index in [0.29, 0.717) is 22.3 Å². The van der Waals surface area contributed by atoms with Gasteiger partial charge in [0.25, 0.3) is 0 Å². The van der Waals surface area contributed by atoms with Crippen molar-refractivity contribution < 1.29 is 4.74 Å². The van der Waals surface area contributed by atoms with Gasteiger partial charge >= 0.3 is 0 Å². The second-order valence-electron chi connectivity index (χ2n) is 2.87. The molecule has 4 nitrogen and oxygen atoms in total. The summed E-state index contributed by atoms with van der Waals surface area (Å²) < 4.78 is 4.95. The van der Waals surface area contributed by atoms with Crippen LogP contribution in [0, 0.1) is 0 Å². The number of nitrogens with two attached hydrogens (primary N) is 1. The molecule has 1 aromatic heterocycles. The van der Waals surface area contributed by atoms with E-state index in [1.165, 1.54) is 13.3 Å². The summed E-state index contributed by atoms with van der Waals surface area (Å²) in [6.07, 6.45) is 4.76. The first-order valence-corrected chi connectivity index (χ1v) is 4.67. The maximum atomic E-state index is 5.88. The Bertz CT molecular complexity index is 398.